The predicted molar refractivity (Wildman–Crippen MR) is 246 cm³/mol. The number of furan rings is 1. The van der Waals surface area contributed by atoms with Gasteiger partial charge in [-0.15, -0.1) is 6.42 Å². The summed E-state index contributed by atoms with van der Waals surface area (Å²) in [6.45, 7) is 0.701. The van der Waals surface area contributed by atoms with Gasteiger partial charge in [-0.25, -0.2) is 0 Å². The van der Waals surface area contributed by atoms with Crippen molar-refractivity contribution in [3.05, 3.63) is 149 Å². The van der Waals surface area contributed by atoms with Crippen molar-refractivity contribution in [1.82, 2.24) is 0 Å². The van der Waals surface area contributed by atoms with E-state index in [4.69, 9.17) is 10.8 Å². The van der Waals surface area contributed by atoms with E-state index in [1.165, 1.54) is 55.2 Å². The second-order valence-electron chi connectivity index (χ2n) is 13.9. The molecule has 0 aliphatic carbocycles. The molecule has 0 unspecified atom stereocenters. The van der Waals surface area contributed by atoms with Gasteiger partial charge < -0.3 is 9.32 Å². The number of benzene rings is 6. The van der Waals surface area contributed by atoms with Crippen LogP contribution in [0.4, 0.5) is 11.4 Å². The molecule has 0 aliphatic rings. The quantitative estimate of drug-likeness (QED) is 0.139. The highest BCUT2D eigenvalue weighted by Crippen LogP contribution is 2.38. The van der Waals surface area contributed by atoms with Crippen molar-refractivity contribution in [3.63, 3.8) is 0 Å². The highest BCUT2D eigenvalue weighted by Gasteiger charge is 2.22. The van der Waals surface area contributed by atoms with E-state index in [1.807, 2.05) is 20.0 Å². The molecule has 0 spiro atoms. The van der Waals surface area contributed by atoms with Gasteiger partial charge in [-0.2, -0.15) is 0 Å². The van der Waals surface area contributed by atoms with Crippen molar-refractivity contribution in [2.45, 2.75) is 0 Å². The maximum absolute atomic E-state index is 6.24. The van der Waals surface area contributed by atoms with Gasteiger partial charge in [-0.1, -0.05) is 142 Å². The summed E-state index contributed by atoms with van der Waals surface area (Å²) in [7, 11) is 15.6. The van der Waals surface area contributed by atoms with Crippen LogP contribution < -0.4 is 26.8 Å². The lowest BCUT2D eigenvalue weighted by Gasteiger charge is -2.33. The van der Waals surface area contributed by atoms with E-state index in [1.54, 1.807) is 0 Å². The topological polar surface area (TPSA) is 16.4 Å². The molecule has 0 aliphatic heterocycles. The Balaban J connectivity index is 1.39. The van der Waals surface area contributed by atoms with E-state index < -0.39 is 0 Å². The standard InChI is InChI=1S/C43H38B7NO/c1-2-31(44)35(26-12-5-3-6-13-26)38(46)32(45)24-51(43-41(49)39(47)36(40(48)42(43)50)27-14-7-4-8-15-27)28-22-20-25(21-23-28)29-17-11-19-34-37(29)30-16-9-10-18-33(30)52-34/h1,3-23H,24,44-50H2/b35-31+,38-32-. The van der Waals surface area contributed by atoms with Crippen LogP contribution in [0.5, 0.6) is 0 Å². The van der Waals surface area contributed by atoms with Crippen LogP contribution in [0.25, 0.3) is 49.8 Å². The summed E-state index contributed by atoms with van der Waals surface area (Å²) in [6.07, 6.45) is 6.04. The van der Waals surface area contributed by atoms with Crippen molar-refractivity contribution in [2.75, 3.05) is 11.4 Å². The van der Waals surface area contributed by atoms with Crippen LogP contribution in [0.15, 0.2) is 148 Å². The molecule has 0 bridgehead atoms. The largest absolute Gasteiger partial charge is 0.456 e. The first-order valence-corrected chi connectivity index (χ1v) is 18.0. The fraction of sp³-hybridized carbons (Fsp3) is 0.0233. The van der Waals surface area contributed by atoms with E-state index in [0.717, 1.165) is 49.8 Å². The lowest BCUT2D eigenvalue weighted by Crippen LogP contribution is -2.47. The summed E-state index contributed by atoms with van der Waals surface area (Å²) in [5, 5.41) is 2.28. The maximum atomic E-state index is 6.24. The molecule has 1 heterocycles. The molecule has 0 atom stereocenters. The van der Waals surface area contributed by atoms with Gasteiger partial charge in [0.05, 0.1) is 0 Å². The summed E-state index contributed by atoms with van der Waals surface area (Å²) < 4.78 is 6.24. The fourth-order valence-electron chi connectivity index (χ4n) is 7.83. The number of hydrogen-bond acceptors (Lipinski definition) is 2. The Morgan fingerprint density at radius 2 is 1.21 bits per heavy atom. The highest BCUT2D eigenvalue weighted by atomic mass is 16.3. The van der Waals surface area contributed by atoms with E-state index >= 15 is 0 Å². The summed E-state index contributed by atoms with van der Waals surface area (Å²) in [6, 6.07) is 45.0. The Bertz CT molecular complexity index is 2540. The number of anilines is 2. The maximum Gasteiger partial charge on any atom is 0.151 e. The minimum Gasteiger partial charge on any atom is -0.456 e. The van der Waals surface area contributed by atoms with E-state index in [9.17, 15) is 0 Å². The van der Waals surface area contributed by atoms with Gasteiger partial charge in [0.25, 0.3) is 0 Å². The van der Waals surface area contributed by atoms with Crippen LogP contribution in [-0.2, 0) is 0 Å². The molecule has 6 aromatic carbocycles. The van der Waals surface area contributed by atoms with Crippen LogP contribution >= 0.6 is 0 Å². The molecule has 0 N–H and O–H groups in total. The average Bonchev–Trinajstić information content (AvgIpc) is 3.57. The number of nitrogens with zero attached hydrogens (tertiary/aromatic N) is 1. The van der Waals surface area contributed by atoms with Gasteiger partial charge in [0, 0.05) is 28.7 Å². The first-order valence-electron chi connectivity index (χ1n) is 18.0. The van der Waals surface area contributed by atoms with Crippen molar-refractivity contribution in [1.29, 1.82) is 0 Å². The number of rotatable bonds is 8. The Labute approximate surface area is 314 Å². The Kier molecular flexibility index (Phi) is 9.76. The predicted octanol–water partition coefficient (Wildman–Crippen LogP) is 1.25. The zero-order valence-corrected chi connectivity index (χ0v) is 31.3. The monoisotopic (exact) mass is 661 g/mol. The molecule has 9 heteroatoms. The molecule has 0 fully saturated rings. The molecule has 7 aromatic rings. The molecular formula is C43H38B7NO. The van der Waals surface area contributed by atoms with Crippen LogP contribution in [0.3, 0.4) is 0 Å². The van der Waals surface area contributed by atoms with Crippen molar-refractivity contribution in [3.8, 4) is 34.6 Å². The molecular weight excluding hydrogens is 622 g/mol. The summed E-state index contributed by atoms with van der Waals surface area (Å²) in [5.74, 6) is 2.94. The van der Waals surface area contributed by atoms with E-state index in [2.05, 4.69) is 173 Å². The van der Waals surface area contributed by atoms with E-state index in [-0.39, 0.29) is 0 Å². The second-order valence-corrected chi connectivity index (χ2v) is 13.9. The SMILES string of the molecule is B/C(CN(c1ccc(-c2cccc3oc4ccccc4c23)cc1)c1c(B)c(B)c(-c2ccccc2)c(B)c1B)=C(B)/C(=C(/B)C#C)c1ccccc1. The zero-order valence-electron chi connectivity index (χ0n) is 31.3. The summed E-state index contributed by atoms with van der Waals surface area (Å²) >= 11 is 0. The number of para-hydroxylation sites is 1. The van der Waals surface area contributed by atoms with Gasteiger partial charge in [-0.3, -0.25) is 0 Å². The Morgan fingerprint density at radius 1 is 0.615 bits per heavy atom. The van der Waals surface area contributed by atoms with Gasteiger partial charge in [-0.05, 0) is 63.1 Å². The number of terminal acetylenes is 1. The molecule has 0 radical (unpaired) electrons. The fourth-order valence-corrected chi connectivity index (χ4v) is 7.83. The molecule has 7 rings (SSSR count). The number of allylic oxidation sites excluding steroid dienone is 3. The summed E-state index contributed by atoms with van der Waals surface area (Å²) in [4.78, 5) is 2.50. The third kappa shape index (κ3) is 6.28. The normalized spacial score (nSPS) is 12.3. The van der Waals surface area contributed by atoms with Crippen LogP contribution in [0.1, 0.15) is 5.56 Å². The van der Waals surface area contributed by atoms with Crippen molar-refractivity contribution in [2.24, 2.45) is 0 Å². The van der Waals surface area contributed by atoms with Gasteiger partial charge >= 0.3 is 0 Å². The van der Waals surface area contributed by atoms with Gasteiger partial charge in [0.15, 0.2) is 7.85 Å². The van der Waals surface area contributed by atoms with Crippen LogP contribution in [0, 0.1) is 12.3 Å². The first kappa shape index (κ1) is 34.8. The van der Waals surface area contributed by atoms with Gasteiger partial charge in [0.1, 0.15) is 58.2 Å². The minimum absolute atomic E-state index is 0.701. The molecule has 2 nitrogen and oxygen atoms in total. The molecule has 0 saturated carbocycles. The average molecular weight is 660 g/mol. The summed E-state index contributed by atoms with van der Waals surface area (Å²) in [5.41, 5.74) is 19.9. The Morgan fingerprint density at radius 3 is 1.87 bits per heavy atom. The zero-order chi connectivity index (χ0) is 36.5. The molecule has 0 saturated heterocycles. The van der Waals surface area contributed by atoms with Crippen molar-refractivity contribution < 1.29 is 4.42 Å². The van der Waals surface area contributed by atoms with E-state index in [0.29, 0.717) is 6.54 Å². The third-order valence-corrected chi connectivity index (χ3v) is 10.9. The number of fused-ring (bicyclic) bond motifs is 3. The smallest absolute Gasteiger partial charge is 0.151 e. The highest BCUT2D eigenvalue weighted by molar-refractivity contribution is 6.62. The minimum atomic E-state index is 0.701. The third-order valence-electron chi connectivity index (χ3n) is 10.9. The lowest BCUT2D eigenvalue weighted by atomic mass is 9.64. The molecule has 0 amide bonds. The van der Waals surface area contributed by atoms with Crippen LogP contribution in [-0.4, -0.2) is 61.5 Å². The molecule has 1 aromatic heterocycles. The Hall–Kier alpha value is -5.59. The lowest BCUT2D eigenvalue weighted by molar-refractivity contribution is 0.669. The first-order chi connectivity index (χ1) is 25.2. The molecule has 52 heavy (non-hydrogen) atoms. The second kappa shape index (κ2) is 14.6. The van der Waals surface area contributed by atoms with Crippen molar-refractivity contribution >= 4 is 116 Å². The number of hydrogen-bond donors (Lipinski definition) is 0. The van der Waals surface area contributed by atoms with Gasteiger partial charge in [0.2, 0.25) is 0 Å². The van der Waals surface area contributed by atoms with Crippen LogP contribution in [0.2, 0.25) is 0 Å². The molecule has 242 valence electrons.